The molecule has 0 aromatic heterocycles. The highest BCUT2D eigenvalue weighted by molar-refractivity contribution is 8.14. The molecule has 17 heavy (non-hydrogen) atoms. The first-order chi connectivity index (χ1) is 8.22. The molecule has 1 heterocycles. The minimum absolute atomic E-state index is 0.389. The minimum Gasteiger partial charge on any atom is -0.334 e. The molecule has 1 aliphatic heterocycles. The van der Waals surface area contributed by atoms with Gasteiger partial charge in [-0.25, -0.2) is 0 Å². The minimum atomic E-state index is 0.389. The van der Waals surface area contributed by atoms with Crippen molar-refractivity contribution in [1.82, 2.24) is 0 Å². The number of halogens is 1. The van der Waals surface area contributed by atoms with Crippen LogP contribution in [0.3, 0.4) is 0 Å². The van der Waals surface area contributed by atoms with Crippen molar-refractivity contribution in [2.45, 2.75) is 19.4 Å². The van der Waals surface area contributed by atoms with Crippen molar-refractivity contribution < 1.29 is 0 Å². The second kappa shape index (κ2) is 5.44. The van der Waals surface area contributed by atoms with Gasteiger partial charge in [-0.05, 0) is 24.6 Å². The van der Waals surface area contributed by atoms with Gasteiger partial charge in [0, 0.05) is 5.75 Å². The number of amidine groups is 1. The fourth-order valence-electron chi connectivity index (χ4n) is 1.50. The van der Waals surface area contributed by atoms with Crippen LogP contribution in [0.5, 0.6) is 0 Å². The molecule has 0 radical (unpaired) electrons. The van der Waals surface area contributed by atoms with Crippen LogP contribution in [0.15, 0.2) is 23.2 Å². The number of nitrogens with zero attached hydrogens (tertiary/aromatic N) is 2. The average molecular weight is 266 g/mol. The SMILES string of the molecule is CCC1CSC(Nc2cc(C#N)ccc2Cl)=N1. The normalized spacial score (nSPS) is 18.6. The lowest BCUT2D eigenvalue weighted by Crippen LogP contribution is -2.06. The Labute approximate surface area is 110 Å². The van der Waals surface area contributed by atoms with Crippen molar-refractivity contribution in [2.75, 3.05) is 11.1 Å². The molecule has 2 rings (SSSR count). The van der Waals surface area contributed by atoms with Gasteiger partial charge in [0.15, 0.2) is 5.17 Å². The van der Waals surface area contributed by atoms with Gasteiger partial charge < -0.3 is 5.32 Å². The molecule has 1 aromatic rings. The van der Waals surface area contributed by atoms with E-state index in [0.717, 1.165) is 23.0 Å². The Balaban J connectivity index is 2.17. The van der Waals surface area contributed by atoms with Crippen LogP contribution in [-0.2, 0) is 0 Å². The maximum Gasteiger partial charge on any atom is 0.161 e. The van der Waals surface area contributed by atoms with Crippen LogP contribution in [0, 0.1) is 11.3 Å². The highest BCUT2D eigenvalue weighted by atomic mass is 35.5. The summed E-state index contributed by atoms with van der Waals surface area (Å²) in [6, 6.07) is 7.65. The van der Waals surface area contributed by atoms with Crippen LogP contribution in [0.4, 0.5) is 5.69 Å². The van der Waals surface area contributed by atoms with Crippen molar-refractivity contribution in [3.8, 4) is 6.07 Å². The number of thioether (sulfide) groups is 1. The van der Waals surface area contributed by atoms with Crippen molar-refractivity contribution in [3.63, 3.8) is 0 Å². The Bertz CT molecular complexity index is 493. The van der Waals surface area contributed by atoms with Crippen LogP contribution >= 0.6 is 23.4 Å². The lowest BCUT2D eigenvalue weighted by molar-refractivity contribution is 0.738. The summed E-state index contributed by atoms with van der Waals surface area (Å²) in [7, 11) is 0. The summed E-state index contributed by atoms with van der Waals surface area (Å²) in [5, 5.41) is 13.5. The fraction of sp³-hybridized carbons (Fsp3) is 0.333. The summed E-state index contributed by atoms with van der Waals surface area (Å²) in [5.41, 5.74) is 1.33. The largest absolute Gasteiger partial charge is 0.334 e. The topological polar surface area (TPSA) is 48.2 Å². The Kier molecular flexibility index (Phi) is 3.93. The van der Waals surface area contributed by atoms with Crippen molar-refractivity contribution in [2.24, 2.45) is 4.99 Å². The molecular weight excluding hydrogens is 254 g/mol. The van der Waals surface area contributed by atoms with Crippen LogP contribution in [0.1, 0.15) is 18.9 Å². The summed E-state index contributed by atoms with van der Waals surface area (Å²) < 4.78 is 0. The van der Waals surface area contributed by atoms with Crippen LogP contribution < -0.4 is 5.32 Å². The van der Waals surface area contributed by atoms with Crippen LogP contribution in [-0.4, -0.2) is 17.0 Å². The summed E-state index contributed by atoms with van der Waals surface area (Å²) in [6.07, 6.45) is 1.05. The van der Waals surface area contributed by atoms with Gasteiger partial charge in [0.25, 0.3) is 0 Å². The zero-order valence-corrected chi connectivity index (χ0v) is 11.0. The average Bonchev–Trinajstić information content (AvgIpc) is 2.80. The molecule has 5 heteroatoms. The van der Waals surface area contributed by atoms with E-state index in [4.69, 9.17) is 16.9 Å². The number of hydrogen-bond acceptors (Lipinski definition) is 4. The number of rotatable bonds is 2. The molecule has 0 bridgehead atoms. The molecule has 1 aliphatic rings. The molecule has 0 aliphatic carbocycles. The molecule has 3 nitrogen and oxygen atoms in total. The summed E-state index contributed by atoms with van der Waals surface area (Å²) in [4.78, 5) is 4.53. The molecule has 0 amide bonds. The molecule has 0 spiro atoms. The maximum atomic E-state index is 8.84. The Morgan fingerprint density at radius 3 is 3.12 bits per heavy atom. The zero-order chi connectivity index (χ0) is 12.3. The van der Waals surface area contributed by atoms with Gasteiger partial charge in [0.1, 0.15) is 0 Å². The Morgan fingerprint density at radius 2 is 2.47 bits per heavy atom. The number of nitrogens with one attached hydrogen (secondary N) is 1. The molecule has 0 fully saturated rings. The zero-order valence-electron chi connectivity index (χ0n) is 9.40. The van der Waals surface area contributed by atoms with Gasteiger partial charge in [0.05, 0.1) is 28.4 Å². The fourth-order valence-corrected chi connectivity index (χ4v) is 2.73. The molecular formula is C12H12ClN3S. The standard InChI is InChI=1S/C12H12ClN3S/c1-2-9-7-17-12(15-9)16-11-5-8(6-14)3-4-10(11)13/h3-5,9H,2,7H2,1H3,(H,15,16). The predicted molar refractivity (Wildman–Crippen MR) is 73.8 cm³/mol. The van der Waals surface area contributed by atoms with E-state index in [1.807, 2.05) is 0 Å². The molecule has 1 unspecified atom stereocenters. The molecule has 1 atom stereocenters. The highest BCUT2D eigenvalue weighted by Gasteiger charge is 2.17. The first-order valence-electron chi connectivity index (χ1n) is 5.40. The first-order valence-corrected chi connectivity index (χ1v) is 6.76. The third kappa shape index (κ3) is 2.93. The summed E-state index contributed by atoms with van der Waals surface area (Å²) in [5.74, 6) is 1.01. The van der Waals surface area contributed by atoms with Gasteiger partial charge in [-0.3, -0.25) is 4.99 Å². The van der Waals surface area contributed by atoms with Crippen molar-refractivity contribution in [3.05, 3.63) is 28.8 Å². The van der Waals surface area contributed by atoms with Gasteiger partial charge in [0.2, 0.25) is 0 Å². The smallest absolute Gasteiger partial charge is 0.161 e. The number of nitriles is 1. The van der Waals surface area contributed by atoms with E-state index in [2.05, 4.69) is 23.3 Å². The van der Waals surface area contributed by atoms with E-state index in [9.17, 15) is 0 Å². The summed E-state index contributed by atoms with van der Waals surface area (Å²) in [6.45, 7) is 2.13. The van der Waals surface area contributed by atoms with Crippen LogP contribution in [0.25, 0.3) is 0 Å². The third-order valence-corrected chi connectivity index (χ3v) is 3.88. The van der Waals surface area contributed by atoms with Gasteiger partial charge in [-0.1, -0.05) is 30.3 Å². The van der Waals surface area contributed by atoms with E-state index in [-0.39, 0.29) is 0 Å². The number of anilines is 1. The quantitative estimate of drug-likeness (QED) is 0.890. The number of benzene rings is 1. The lowest BCUT2D eigenvalue weighted by Gasteiger charge is -2.07. The van der Waals surface area contributed by atoms with E-state index in [0.29, 0.717) is 16.6 Å². The van der Waals surface area contributed by atoms with Gasteiger partial charge in [-0.15, -0.1) is 0 Å². The molecule has 1 aromatic carbocycles. The Morgan fingerprint density at radius 1 is 1.65 bits per heavy atom. The Hall–Kier alpha value is -1.18. The molecule has 1 N–H and O–H groups in total. The number of hydrogen-bond donors (Lipinski definition) is 1. The molecule has 88 valence electrons. The van der Waals surface area contributed by atoms with Crippen molar-refractivity contribution in [1.29, 1.82) is 5.26 Å². The monoisotopic (exact) mass is 265 g/mol. The second-order valence-corrected chi connectivity index (χ2v) is 5.15. The summed E-state index contributed by atoms with van der Waals surface area (Å²) >= 11 is 7.76. The van der Waals surface area contributed by atoms with Crippen molar-refractivity contribution >= 4 is 34.2 Å². The number of aliphatic imine (C=N–C) groups is 1. The third-order valence-electron chi connectivity index (χ3n) is 2.52. The van der Waals surface area contributed by atoms with Crippen LogP contribution in [0.2, 0.25) is 5.02 Å². The van der Waals surface area contributed by atoms with E-state index < -0.39 is 0 Å². The second-order valence-electron chi connectivity index (χ2n) is 3.74. The van der Waals surface area contributed by atoms with E-state index >= 15 is 0 Å². The van der Waals surface area contributed by atoms with Gasteiger partial charge in [-0.2, -0.15) is 5.26 Å². The van der Waals surface area contributed by atoms with E-state index in [1.165, 1.54) is 0 Å². The lowest BCUT2D eigenvalue weighted by atomic mass is 10.2. The van der Waals surface area contributed by atoms with Gasteiger partial charge >= 0.3 is 0 Å². The molecule has 0 saturated heterocycles. The first kappa shape index (κ1) is 12.3. The molecule has 0 saturated carbocycles. The maximum absolute atomic E-state index is 8.84. The van der Waals surface area contributed by atoms with E-state index in [1.54, 1.807) is 30.0 Å². The predicted octanol–water partition coefficient (Wildman–Crippen LogP) is 3.50. The highest BCUT2D eigenvalue weighted by Crippen LogP contribution is 2.27.